The SMILES string of the molecule is Nc1cnc(-c2ccc(C3CCC3)c(OCc3cc(C4CC4)n[nH]3)c2F)cn1. The maximum atomic E-state index is 15.4. The Morgan fingerprint density at radius 1 is 1.11 bits per heavy atom. The molecule has 28 heavy (non-hydrogen) atoms. The molecule has 7 heteroatoms. The van der Waals surface area contributed by atoms with Crippen molar-refractivity contribution in [2.75, 3.05) is 5.73 Å². The molecule has 2 fully saturated rings. The minimum absolute atomic E-state index is 0.257. The Balaban J connectivity index is 1.45. The predicted octanol–water partition coefficient (Wildman–Crippen LogP) is 4.31. The average molecular weight is 379 g/mol. The monoisotopic (exact) mass is 379 g/mol. The highest BCUT2D eigenvalue weighted by atomic mass is 19.1. The third kappa shape index (κ3) is 3.21. The molecule has 0 spiro atoms. The number of benzene rings is 1. The zero-order valence-corrected chi connectivity index (χ0v) is 15.5. The van der Waals surface area contributed by atoms with Crippen molar-refractivity contribution in [2.45, 2.75) is 50.5 Å². The molecule has 2 aliphatic rings. The molecule has 2 heterocycles. The second kappa shape index (κ2) is 6.89. The van der Waals surface area contributed by atoms with Gasteiger partial charge in [0.1, 0.15) is 12.4 Å². The maximum Gasteiger partial charge on any atom is 0.174 e. The van der Waals surface area contributed by atoms with Crippen LogP contribution in [0.25, 0.3) is 11.3 Å². The Bertz CT molecular complexity index is 993. The molecule has 6 nitrogen and oxygen atoms in total. The summed E-state index contributed by atoms with van der Waals surface area (Å²) in [5.41, 5.74) is 9.27. The van der Waals surface area contributed by atoms with Crippen molar-refractivity contribution in [3.05, 3.63) is 53.4 Å². The minimum Gasteiger partial charge on any atom is -0.484 e. The van der Waals surface area contributed by atoms with Crippen LogP contribution >= 0.6 is 0 Å². The van der Waals surface area contributed by atoms with Crippen LogP contribution in [0.4, 0.5) is 10.2 Å². The standard InChI is InChI=1S/C21H22FN5O/c22-20-16(18-9-25-19(23)10-24-18)7-6-15(12-2-1-3-12)21(20)28-11-14-8-17(27-26-14)13-4-5-13/h6-10,12-13H,1-5,11H2,(H2,23,25)(H,26,27). The smallest absolute Gasteiger partial charge is 0.174 e. The minimum atomic E-state index is -0.398. The Labute approximate surface area is 162 Å². The second-order valence-electron chi connectivity index (χ2n) is 7.68. The lowest BCUT2D eigenvalue weighted by Crippen LogP contribution is -2.12. The van der Waals surface area contributed by atoms with Crippen molar-refractivity contribution in [1.82, 2.24) is 20.2 Å². The van der Waals surface area contributed by atoms with Gasteiger partial charge in [0.2, 0.25) is 0 Å². The summed E-state index contributed by atoms with van der Waals surface area (Å²) in [7, 11) is 0. The summed E-state index contributed by atoms with van der Waals surface area (Å²) in [5.74, 6) is 1.13. The fourth-order valence-electron chi connectivity index (χ4n) is 3.62. The Hall–Kier alpha value is -2.96. The molecular weight excluding hydrogens is 357 g/mol. The molecule has 144 valence electrons. The van der Waals surface area contributed by atoms with Crippen LogP contribution in [0, 0.1) is 5.82 Å². The van der Waals surface area contributed by atoms with Crippen LogP contribution < -0.4 is 10.5 Å². The quantitative estimate of drug-likeness (QED) is 0.666. The van der Waals surface area contributed by atoms with Crippen LogP contribution in [0.15, 0.2) is 30.6 Å². The fourth-order valence-corrected chi connectivity index (χ4v) is 3.62. The predicted molar refractivity (Wildman–Crippen MR) is 103 cm³/mol. The number of halogens is 1. The first-order chi connectivity index (χ1) is 13.7. The number of rotatable bonds is 6. The second-order valence-corrected chi connectivity index (χ2v) is 7.68. The molecule has 0 unspecified atom stereocenters. The maximum absolute atomic E-state index is 15.4. The normalized spacial score (nSPS) is 16.8. The van der Waals surface area contributed by atoms with Gasteiger partial charge < -0.3 is 10.5 Å². The molecule has 0 radical (unpaired) electrons. The van der Waals surface area contributed by atoms with Crippen molar-refractivity contribution in [3.8, 4) is 17.0 Å². The van der Waals surface area contributed by atoms with Crippen LogP contribution in [-0.4, -0.2) is 20.2 Å². The lowest BCUT2D eigenvalue weighted by Gasteiger charge is -2.28. The van der Waals surface area contributed by atoms with E-state index in [1.54, 1.807) is 6.07 Å². The van der Waals surface area contributed by atoms with E-state index in [0.29, 0.717) is 34.7 Å². The van der Waals surface area contributed by atoms with Crippen LogP contribution in [-0.2, 0) is 6.61 Å². The van der Waals surface area contributed by atoms with Gasteiger partial charge in [0.25, 0.3) is 0 Å². The van der Waals surface area contributed by atoms with E-state index in [1.807, 2.05) is 12.1 Å². The lowest BCUT2D eigenvalue weighted by atomic mass is 9.79. The number of nitrogen functional groups attached to an aromatic ring is 1. The number of nitrogens with two attached hydrogens (primary N) is 1. The molecule has 2 aromatic heterocycles. The number of aromatic nitrogens is 4. The number of hydrogen-bond donors (Lipinski definition) is 2. The van der Waals surface area contributed by atoms with E-state index < -0.39 is 5.82 Å². The van der Waals surface area contributed by atoms with E-state index >= 15 is 4.39 Å². The number of H-pyrrole nitrogens is 1. The highest BCUT2D eigenvalue weighted by Gasteiger charge is 2.28. The summed E-state index contributed by atoms with van der Waals surface area (Å²) >= 11 is 0. The third-order valence-corrected chi connectivity index (χ3v) is 5.64. The topological polar surface area (TPSA) is 89.7 Å². The summed E-state index contributed by atoms with van der Waals surface area (Å²) in [6.45, 7) is 0.257. The molecule has 0 amide bonds. The van der Waals surface area contributed by atoms with Crippen LogP contribution in [0.1, 0.15) is 60.9 Å². The van der Waals surface area contributed by atoms with Gasteiger partial charge in [0.05, 0.1) is 29.5 Å². The lowest BCUT2D eigenvalue weighted by molar-refractivity contribution is 0.274. The summed E-state index contributed by atoms with van der Waals surface area (Å²) in [6.07, 6.45) is 8.59. The fraction of sp³-hybridized carbons (Fsp3) is 0.381. The zero-order valence-electron chi connectivity index (χ0n) is 15.5. The average Bonchev–Trinajstić information content (AvgIpc) is 3.40. The first-order valence-corrected chi connectivity index (χ1v) is 9.76. The van der Waals surface area contributed by atoms with E-state index in [9.17, 15) is 0 Å². The summed E-state index contributed by atoms with van der Waals surface area (Å²) in [6, 6.07) is 5.74. The number of hydrogen-bond acceptors (Lipinski definition) is 5. The van der Waals surface area contributed by atoms with Crippen molar-refractivity contribution < 1.29 is 9.13 Å². The van der Waals surface area contributed by atoms with E-state index in [-0.39, 0.29) is 6.61 Å². The van der Waals surface area contributed by atoms with Crippen LogP contribution in [0.5, 0.6) is 5.75 Å². The number of aromatic amines is 1. The molecule has 0 aliphatic heterocycles. The molecule has 0 saturated heterocycles. The van der Waals surface area contributed by atoms with Gasteiger partial charge >= 0.3 is 0 Å². The third-order valence-electron chi connectivity index (χ3n) is 5.64. The van der Waals surface area contributed by atoms with Gasteiger partial charge in [-0.25, -0.2) is 9.37 Å². The first-order valence-electron chi connectivity index (χ1n) is 9.76. The molecule has 5 rings (SSSR count). The summed E-state index contributed by atoms with van der Waals surface area (Å²) in [5, 5.41) is 7.35. The highest BCUT2D eigenvalue weighted by molar-refractivity contribution is 5.64. The zero-order chi connectivity index (χ0) is 19.1. The van der Waals surface area contributed by atoms with Crippen molar-refractivity contribution in [2.24, 2.45) is 0 Å². The van der Waals surface area contributed by atoms with Crippen LogP contribution in [0.3, 0.4) is 0 Å². The largest absolute Gasteiger partial charge is 0.484 e. The van der Waals surface area contributed by atoms with Gasteiger partial charge in [-0.05, 0) is 43.7 Å². The van der Waals surface area contributed by atoms with Gasteiger partial charge in [-0.1, -0.05) is 12.5 Å². The van der Waals surface area contributed by atoms with E-state index in [2.05, 4.69) is 20.2 Å². The Morgan fingerprint density at radius 2 is 1.96 bits per heavy atom. The molecule has 0 atom stereocenters. The van der Waals surface area contributed by atoms with Gasteiger partial charge in [-0.2, -0.15) is 5.10 Å². The van der Waals surface area contributed by atoms with Gasteiger partial charge in [0.15, 0.2) is 11.6 Å². The summed E-state index contributed by atoms with van der Waals surface area (Å²) < 4.78 is 21.4. The Kier molecular flexibility index (Phi) is 4.22. The molecular formula is C21H22FN5O. The van der Waals surface area contributed by atoms with Crippen LogP contribution in [0.2, 0.25) is 0 Å². The first kappa shape index (κ1) is 17.2. The van der Waals surface area contributed by atoms with E-state index in [1.165, 1.54) is 31.7 Å². The molecule has 0 bridgehead atoms. The van der Waals surface area contributed by atoms with Crippen molar-refractivity contribution in [3.63, 3.8) is 0 Å². The molecule has 2 saturated carbocycles. The number of nitrogens with zero attached hydrogens (tertiary/aromatic N) is 3. The van der Waals surface area contributed by atoms with Crippen molar-refractivity contribution in [1.29, 1.82) is 0 Å². The number of nitrogens with one attached hydrogen (secondary N) is 1. The highest BCUT2D eigenvalue weighted by Crippen LogP contribution is 2.44. The number of anilines is 1. The van der Waals surface area contributed by atoms with Crippen molar-refractivity contribution >= 4 is 5.82 Å². The van der Waals surface area contributed by atoms with Gasteiger partial charge in [-0.15, -0.1) is 0 Å². The molecule has 3 aromatic rings. The molecule has 2 aliphatic carbocycles. The number of ether oxygens (including phenoxy) is 1. The van der Waals surface area contributed by atoms with E-state index in [4.69, 9.17) is 10.5 Å². The molecule has 3 N–H and O–H groups in total. The molecule has 1 aromatic carbocycles. The van der Waals surface area contributed by atoms with Gasteiger partial charge in [0, 0.05) is 17.0 Å². The summed E-state index contributed by atoms with van der Waals surface area (Å²) in [4.78, 5) is 8.23. The van der Waals surface area contributed by atoms with E-state index in [0.717, 1.165) is 29.8 Å². The van der Waals surface area contributed by atoms with Gasteiger partial charge in [-0.3, -0.25) is 10.1 Å². The Morgan fingerprint density at radius 3 is 2.64 bits per heavy atom.